The Hall–Kier alpha value is -3.51. The average molecular weight is 514 g/mol. The van der Waals surface area contributed by atoms with Gasteiger partial charge in [0.25, 0.3) is 0 Å². The third-order valence-corrected chi connectivity index (χ3v) is 8.01. The normalized spacial score (nSPS) is 19.7. The van der Waals surface area contributed by atoms with Crippen molar-refractivity contribution in [2.45, 2.75) is 57.3 Å². The van der Waals surface area contributed by atoms with Crippen LogP contribution in [0.5, 0.6) is 11.5 Å². The fraction of sp³-hybridized carbons (Fsp3) is 0.406. The fourth-order valence-electron chi connectivity index (χ4n) is 5.94. The third-order valence-electron chi connectivity index (χ3n) is 8.01. The molecule has 3 aromatic rings. The largest absolute Gasteiger partial charge is 0.493 e. The Morgan fingerprint density at radius 2 is 1.63 bits per heavy atom. The average Bonchev–Trinajstić information content (AvgIpc) is 3.31. The molecule has 6 nitrogen and oxygen atoms in total. The molecule has 0 unspecified atom stereocenters. The quantitative estimate of drug-likeness (QED) is 0.451. The Labute approximate surface area is 226 Å². The van der Waals surface area contributed by atoms with Crippen LogP contribution in [0.3, 0.4) is 0 Å². The number of para-hydroxylation sites is 1. The van der Waals surface area contributed by atoms with Crippen molar-refractivity contribution in [3.63, 3.8) is 0 Å². The van der Waals surface area contributed by atoms with Crippen LogP contribution in [-0.4, -0.2) is 55.1 Å². The molecule has 0 saturated carbocycles. The zero-order valence-corrected chi connectivity index (χ0v) is 22.6. The van der Waals surface area contributed by atoms with E-state index in [1.807, 2.05) is 18.2 Å². The lowest BCUT2D eigenvalue weighted by atomic mass is 10.1. The van der Waals surface area contributed by atoms with Crippen LogP contribution in [0.25, 0.3) is 0 Å². The number of fused-ring (bicyclic) bond motifs is 3. The molecular weight excluding hydrogens is 474 g/mol. The lowest BCUT2D eigenvalue weighted by molar-refractivity contribution is -0.132. The first-order chi connectivity index (χ1) is 18.6. The maximum Gasteiger partial charge on any atom is 0.223 e. The van der Waals surface area contributed by atoms with Gasteiger partial charge in [-0.05, 0) is 60.6 Å². The predicted octanol–water partition coefficient (Wildman–Crippen LogP) is 5.51. The molecule has 1 amide bonds. The van der Waals surface area contributed by atoms with Crippen LogP contribution in [0, 0.1) is 0 Å². The highest BCUT2D eigenvalue weighted by Crippen LogP contribution is 2.32. The predicted molar refractivity (Wildman–Crippen MR) is 152 cm³/mol. The van der Waals surface area contributed by atoms with Crippen LogP contribution in [0.2, 0.25) is 0 Å². The molecule has 0 radical (unpaired) electrons. The number of ether oxygens (including phenoxy) is 2. The van der Waals surface area contributed by atoms with Gasteiger partial charge < -0.3 is 19.7 Å². The summed E-state index contributed by atoms with van der Waals surface area (Å²) in [6, 6.07) is 25.9. The minimum atomic E-state index is 0.192. The smallest absolute Gasteiger partial charge is 0.223 e. The molecule has 3 aromatic carbocycles. The zero-order chi connectivity index (χ0) is 26.3. The molecule has 0 aromatic heterocycles. The van der Waals surface area contributed by atoms with Gasteiger partial charge in [-0.1, -0.05) is 54.6 Å². The molecule has 0 aliphatic carbocycles. The van der Waals surface area contributed by atoms with E-state index in [-0.39, 0.29) is 5.91 Å². The van der Waals surface area contributed by atoms with Gasteiger partial charge >= 0.3 is 0 Å². The Balaban J connectivity index is 1.36. The summed E-state index contributed by atoms with van der Waals surface area (Å²) >= 11 is 0. The van der Waals surface area contributed by atoms with Gasteiger partial charge in [0.05, 0.1) is 14.2 Å². The van der Waals surface area contributed by atoms with Crippen LogP contribution in [0.1, 0.15) is 42.4 Å². The van der Waals surface area contributed by atoms with Gasteiger partial charge in [-0.2, -0.15) is 0 Å². The number of aryl methyl sites for hydroxylation is 1. The van der Waals surface area contributed by atoms with Gasteiger partial charge in [0, 0.05) is 50.4 Å². The molecule has 2 bridgehead atoms. The lowest BCUT2D eigenvalue weighted by Crippen LogP contribution is -2.44. The highest BCUT2D eigenvalue weighted by atomic mass is 16.5. The summed E-state index contributed by atoms with van der Waals surface area (Å²) in [7, 11) is 3.28. The molecule has 1 saturated heterocycles. The summed E-state index contributed by atoms with van der Waals surface area (Å²) in [6.45, 7) is 3.24. The number of rotatable bonds is 7. The number of methoxy groups -OCH3 is 2. The lowest BCUT2D eigenvalue weighted by Gasteiger charge is -2.34. The van der Waals surface area contributed by atoms with Crippen molar-refractivity contribution in [3.8, 4) is 11.5 Å². The summed E-state index contributed by atoms with van der Waals surface area (Å²) in [5.74, 6) is 1.59. The Morgan fingerprint density at radius 1 is 0.868 bits per heavy atom. The van der Waals surface area contributed by atoms with Crippen molar-refractivity contribution in [2.75, 3.05) is 32.6 Å². The van der Waals surface area contributed by atoms with Crippen molar-refractivity contribution in [2.24, 2.45) is 0 Å². The minimum absolute atomic E-state index is 0.192. The number of carbonyl (C=O) groups is 1. The van der Waals surface area contributed by atoms with Crippen molar-refractivity contribution in [1.82, 2.24) is 9.80 Å². The number of nitrogens with one attached hydrogen (secondary N) is 1. The molecular formula is C32H39N3O3. The maximum atomic E-state index is 13.8. The molecule has 2 aliphatic rings. The topological polar surface area (TPSA) is 54.0 Å². The summed E-state index contributed by atoms with van der Waals surface area (Å²) in [6.07, 6.45) is 4.52. The van der Waals surface area contributed by atoms with E-state index in [9.17, 15) is 4.79 Å². The molecule has 2 aliphatic heterocycles. The first-order valence-electron chi connectivity index (χ1n) is 13.7. The Bertz CT molecular complexity index is 1220. The van der Waals surface area contributed by atoms with Crippen molar-refractivity contribution in [3.05, 3.63) is 89.5 Å². The zero-order valence-electron chi connectivity index (χ0n) is 22.6. The second-order valence-corrected chi connectivity index (χ2v) is 10.4. The van der Waals surface area contributed by atoms with Gasteiger partial charge in [-0.15, -0.1) is 0 Å². The van der Waals surface area contributed by atoms with E-state index in [2.05, 4.69) is 69.7 Å². The number of hydrogen-bond donors (Lipinski definition) is 1. The highest BCUT2D eigenvalue weighted by Gasteiger charge is 2.35. The minimum Gasteiger partial charge on any atom is -0.493 e. The number of carbonyl (C=O) groups excluding carboxylic acids is 1. The van der Waals surface area contributed by atoms with Crippen molar-refractivity contribution < 1.29 is 14.3 Å². The number of nitrogens with zero attached hydrogens (tertiary/aromatic N) is 2. The summed E-state index contributed by atoms with van der Waals surface area (Å²) < 4.78 is 10.8. The molecule has 38 heavy (non-hydrogen) atoms. The van der Waals surface area contributed by atoms with E-state index in [1.54, 1.807) is 14.2 Å². The van der Waals surface area contributed by atoms with Gasteiger partial charge in [-0.3, -0.25) is 9.69 Å². The van der Waals surface area contributed by atoms with E-state index in [0.717, 1.165) is 43.7 Å². The Morgan fingerprint density at radius 3 is 2.45 bits per heavy atom. The van der Waals surface area contributed by atoms with Gasteiger partial charge in [0.2, 0.25) is 5.91 Å². The standard InChI is InChI=1S/C32H39N3O3/c1-37-30-16-12-24(20-31(30)38-2)13-17-32(36)34-22-26-10-6-7-11-29(26)33-19-18-27-14-15-28(23-34)35(27)21-25-8-4-3-5-9-25/h3-12,16,20,27-28,33H,13-15,17-19,21-23H2,1-2H3/t27-,28+/m0/s1. The van der Waals surface area contributed by atoms with Crippen LogP contribution in [-0.2, 0) is 24.3 Å². The number of anilines is 1. The summed E-state index contributed by atoms with van der Waals surface area (Å²) in [5, 5.41) is 3.68. The molecule has 1 fully saturated rings. The second kappa shape index (κ2) is 12.4. The first-order valence-corrected chi connectivity index (χ1v) is 13.7. The highest BCUT2D eigenvalue weighted by molar-refractivity contribution is 5.77. The fourth-order valence-corrected chi connectivity index (χ4v) is 5.94. The number of amides is 1. The molecule has 2 atom stereocenters. The number of hydrogen-bond acceptors (Lipinski definition) is 5. The SMILES string of the molecule is COc1ccc(CCC(=O)N2Cc3ccccc3NCC[C@@H]3CC[C@H](C2)N3Cc2ccccc2)cc1OC. The number of benzene rings is 3. The van der Waals surface area contributed by atoms with E-state index < -0.39 is 0 Å². The molecule has 6 heteroatoms. The van der Waals surface area contributed by atoms with Gasteiger partial charge in [0.15, 0.2) is 11.5 Å². The van der Waals surface area contributed by atoms with Gasteiger partial charge in [-0.25, -0.2) is 0 Å². The Kier molecular flexibility index (Phi) is 8.49. The van der Waals surface area contributed by atoms with Gasteiger partial charge in [0.1, 0.15) is 0 Å². The monoisotopic (exact) mass is 513 g/mol. The van der Waals surface area contributed by atoms with Crippen molar-refractivity contribution in [1.29, 1.82) is 0 Å². The molecule has 0 spiro atoms. The van der Waals surface area contributed by atoms with E-state index in [1.165, 1.54) is 17.5 Å². The van der Waals surface area contributed by atoms with E-state index in [4.69, 9.17) is 9.47 Å². The van der Waals surface area contributed by atoms with Crippen LogP contribution < -0.4 is 14.8 Å². The molecule has 2 heterocycles. The van der Waals surface area contributed by atoms with Crippen LogP contribution in [0.4, 0.5) is 5.69 Å². The molecule has 5 rings (SSSR count). The van der Waals surface area contributed by atoms with E-state index >= 15 is 0 Å². The van der Waals surface area contributed by atoms with Crippen molar-refractivity contribution >= 4 is 11.6 Å². The van der Waals surface area contributed by atoms with Crippen LogP contribution >= 0.6 is 0 Å². The van der Waals surface area contributed by atoms with E-state index in [0.29, 0.717) is 43.0 Å². The summed E-state index contributed by atoms with van der Waals surface area (Å²) in [4.78, 5) is 18.5. The third kappa shape index (κ3) is 6.13. The molecule has 1 N–H and O–H groups in total. The maximum absolute atomic E-state index is 13.8. The molecule has 200 valence electrons. The van der Waals surface area contributed by atoms with Crippen LogP contribution in [0.15, 0.2) is 72.8 Å². The second-order valence-electron chi connectivity index (χ2n) is 10.4. The first kappa shape index (κ1) is 26.1. The summed E-state index contributed by atoms with van der Waals surface area (Å²) in [5.41, 5.74) is 4.72.